The first kappa shape index (κ1) is 24.3. The van der Waals surface area contributed by atoms with Gasteiger partial charge >= 0.3 is 6.18 Å². The highest BCUT2D eigenvalue weighted by Crippen LogP contribution is 2.38. The number of nitrogen functional groups attached to an aromatic ring is 1. The lowest BCUT2D eigenvalue weighted by molar-refractivity contribution is -0.138. The lowest BCUT2D eigenvalue weighted by Crippen LogP contribution is -2.45. The molecule has 0 aliphatic carbocycles. The summed E-state index contributed by atoms with van der Waals surface area (Å²) in [5.74, 6) is 0. The van der Waals surface area contributed by atoms with Gasteiger partial charge in [-0.15, -0.1) is 24.8 Å². The fourth-order valence-electron chi connectivity index (χ4n) is 2.71. The number of alkyl halides is 3. The van der Waals surface area contributed by atoms with Crippen LogP contribution in [0.25, 0.3) is 0 Å². The zero-order valence-corrected chi connectivity index (χ0v) is 17.5. The summed E-state index contributed by atoms with van der Waals surface area (Å²) in [7, 11) is 0. The van der Waals surface area contributed by atoms with E-state index in [4.69, 9.17) is 5.73 Å². The van der Waals surface area contributed by atoms with Crippen LogP contribution in [0.3, 0.4) is 0 Å². The molecule has 0 bridgehead atoms. The maximum atomic E-state index is 12.7. The Balaban J connectivity index is 0.00000264. The van der Waals surface area contributed by atoms with Gasteiger partial charge in [0.15, 0.2) is 0 Å². The monoisotopic (exact) mass is 515 g/mol. The van der Waals surface area contributed by atoms with Crippen LogP contribution < -0.4 is 11.1 Å². The summed E-state index contributed by atoms with van der Waals surface area (Å²) >= 11 is 6.76. The predicted octanol–water partition coefficient (Wildman–Crippen LogP) is 4.93. The molecule has 140 valence electrons. The van der Waals surface area contributed by atoms with E-state index in [0.29, 0.717) is 23.2 Å². The third-order valence-corrected chi connectivity index (χ3v) is 4.89. The van der Waals surface area contributed by atoms with Gasteiger partial charge in [0.2, 0.25) is 0 Å². The van der Waals surface area contributed by atoms with Crippen LogP contribution in [0.5, 0.6) is 0 Å². The van der Waals surface area contributed by atoms with E-state index in [1.807, 2.05) is 6.07 Å². The van der Waals surface area contributed by atoms with Crippen molar-refractivity contribution in [3.8, 4) is 0 Å². The molecule has 1 fully saturated rings. The number of nitrogens with zero attached hydrogens (tertiary/aromatic N) is 1. The van der Waals surface area contributed by atoms with Crippen LogP contribution in [-0.2, 0) is 0 Å². The van der Waals surface area contributed by atoms with Gasteiger partial charge in [0, 0.05) is 47.6 Å². The standard InChI is InChI=1S/C14H18Br2F3N3.2ClH/c15-9-7-10(13(20)11(16)8-9)12(1-2-14(17,18)19)22-5-3-21-4-6-22;;/h7-8,12,21H,1-6,20H2;2*1H/t12-;;/m0../s1. The van der Waals surface area contributed by atoms with Gasteiger partial charge < -0.3 is 11.1 Å². The summed E-state index contributed by atoms with van der Waals surface area (Å²) in [5.41, 5.74) is 7.36. The van der Waals surface area contributed by atoms with Gasteiger partial charge in [-0.3, -0.25) is 4.90 Å². The first-order chi connectivity index (χ1) is 10.3. The molecule has 0 unspecified atom stereocenters. The van der Waals surface area contributed by atoms with Crippen LogP contribution in [0.15, 0.2) is 21.1 Å². The van der Waals surface area contributed by atoms with Gasteiger partial charge in [0.25, 0.3) is 0 Å². The van der Waals surface area contributed by atoms with Crippen LogP contribution in [0.1, 0.15) is 24.4 Å². The van der Waals surface area contributed by atoms with Crippen molar-refractivity contribution in [2.75, 3.05) is 31.9 Å². The molecule has 1 heterocycles. The average Bonchev–Trinajstić information content (AvgIpc) is 2.44. The number of halogens is 7. The molecule has 0 saturated carbocycles. The van der Waals surface area contributed by atoms with E-state index in [-0.39, 0.29) is 37.3 Å². The highest BCUT2D eigenvalue weighted by Gasteiger charge is 2.32. The second kappa shape index (κ2) is 10.4. The highest BCUT2D eigenvalue weighted by molar-refractivity contribution is 9.11. The van der Waals surface area contributed by atoms with Crippen molar-refractivity contribution in [2.45, 2.75) is 25.1 Å². The lowest BCUT2D eigenvalue weighted by atomic mass is 9.97. The Morgan fingerprint density at radius 1 is 1.17 bits per heavy atom. The molecule has 0 radical (unpaired) electrons. The molecule has 10 heteroatoms. The zero-order chi connectivity index (χ0) is 16.3. The van der Waals surface area contributed by atoms with E-state index in [9.17, 15) is 13.2 Å². The fraction of sp³-hybridized carbons (Fsp3) is 0.571. The quantitative estimate of drug-likeness (QED) is 0.557. The molecule has 1 aliphatic heterocycles. The fourth-order valence-corrected chi connectivity index (χ4v) is 3.97. The Kier molecular flexibility index (Phi) is 10.5. The number of nitrogens with one attached hydrogen (secondary N) is 1. The van der Waals surface area contributed by atoms with Crippen molar-refractivity contribution in [3.05, 3.63) is 26.6 Å². The van der Waals surface area contributed by atoms with E-state index >= 15 is 0 Å². The highest BCUT2D eigenvalue weighted by atomic mass is 79.9. The van der Waals surface area contributed by atoms with Gasteiger partial charge in [-0.05, 0) is 40.0 Å². The van der Waals surface area contributed by atoms with Gasteiger partial charge in [-0.1, -0.05) is 15.9 Å². The number of nitrogens with two attached hydrogens (primary N) is 1. The molecule has 1 saturated heterocycles. The second-order valence-electron chi connectivity index (χ2n) is 5.35. The summed E-state index contributed by atoms with van der Waals surface area (Å²) in [6.45, 7) is 2.98. The largest absolute Gasteiger partial charge is 0.398 e. The smallest absolute Gasteiger partial charge is 0.389 e. The van der Waals surface area contributed by atoms with Crippen LogP contribution in [-0.4, -0.2) is 37.3 Å². The maximum Gasteiger partial charge on any atom is 0.389 e. The van der Waals surface area contributed by atoms with Gasteiger partial charge in [-0.25, -0.2) is 0 Å². The second-order valence-corrected chi connectivity index (χ2v) is 7.12. The van der Waals surface area contributed by atoms with E-state index in [2.05, 4.69) is 42.1 Å². The minimum absolute atomic E-state index is 0. The Bertz CT molecular complexity index is 527. The number of hydrogen-bond donors (Lipinski definition) is 2. The first-order valence-corrected chi connectivity index (χ1v) is 8.62. The summed E-state index contributed by atoms with van der Waals surface area (Å²) in [5, 5.41) is 3.22. The van der Waals surface area contributed by atoms with Crippen LogP contribution in [0, 0.1) is 0 Å². The van der Waals surface area contributed by atoms with Gasteiger partial charge in [-0.2, -0.15) is 13.2 Å². The predicted molar refractivity (Wildman–Crippen MR) is 103 cm³/mol. The normalized spacial score (nSPS) is 16.9. The molecule has 0 aromatic heterocycles. The van der Waals surface area contributed by atoms with Gasteiger partial charge in [0.1, 0.15) is 0 Å². The average molecular weight is 518 g/mol. The number of hydrogen-bond acceptors (Lipinski definition) is 3. The van der Waals surface area contributed by atoms with E-state index in [0.717, 1.165) is 23.1 Å². The zero-order valence-electron chi connectivity index (χ0n) is 12.7. The van der Waals surface area contributed by atoms with E-state index < -0.39 is 12.6 Å². The Labute approximate surface area is 169 Å². The number of rotatable bonds is 4. The third kappa shape index (κ3) is 6.88. The molecule has 0 amide bonds. The molecule has 24 heavy (non-hydrogen) atoms. The van der Waals surface area contributed by atoms with Gasteiger partial charge in [0.05, 0.1) is 5.69 Å². The Morgan fingerprint density at radius 2 is 1.75 bits per heavy atom. The summed E-state index contributed by atoms with van der Waals surface area (Å²) < 4.78 is 39.5. The van der Waals surface area contributed by atoms with Crippen LogP contribution in [0.4, 0.5) is 18.9 Å². The molecule has 1 aromatic carbocycles. The molecule has 3 nitrogen and oxygen atoms in total. The summed E-state index contributed by atoms with van der Waals surface area (Å²) in [6, 6.07) is 3.29. The molecular formula is C14H20Br2Cl2F3N3. The molecule has 1 aromatic rings. The number of anilines is 1. The molecule has 0 spiro atoms. The Morgan fingerprint density at radius 3 is 2.29 bits per heavy atom. The molecule has 3 N–H and O–H groups in total. The maximum absolute atomic E-state index is 12.7. The molecule has 1 atom stereocenters. The lowest BCUT2D eigenvalue weighted by Gasteiger charge is -2.36. The SMILES string of the molecule is Cl.Cl.Nc1c(Br)cc(Br)cc1[C@H](CCC(F)(F)F)N1CCNCC1. The Hall–Kier alpha value is 0.270. The van der Waals surface area contributed by atoms with Crippen molar-refractivity contribution < 1.29 is 13.2 Å². The topological polar surface area (TPSA) is 41.3 Å². The van der Waals surface area contributed by atoms with Crippen LogP contribution in [0.2, 0.25) is 0 Å². The van der Waals surface area contributed by atoms with E-state index in [1.54, 1.807) is 6.07 Å². The van der Waals surface area contributed by atoms with Crippen molar-refractivity contribution in [2.24, 2.45) is 0 Å². The van der Waals surface area contributed by atoms with Crippen LogP contribution >= 0.6 is 56.7 Å². The molecule has 2 rings (SSSR count). The van der Waals surface area contributed by atoms with Crippen molar-refractivity contribution in [3.63, 3.8) is 0 Å². The minimum Gasteiger partial charge on any atom is -0.398 e. The third-order valence-electron chi connectivity index (χ3n) is 3.78. The molecular weight excluding hydrogens is 498 g/mol. The first-order valence-electron chi connectivity index (χ1n) is 7.04. The summed E-state index contributed by atoms with van der Waals surface area (Å²) in [4.78, 5) is 2.08. The van der Waals surface area contributed by atoms with Crippen molar-refractivity contribution in [1.82, 2.24) is 10.2 Å². The minimum atomic E-state index is -4.16. The number of piperazine rings is 1. The van der Waals surface area contributed by atoms with Crippen molar-refractivity contribution in [1.29, 1.82) is 0 Å². The molecule has 1 aliphatic rings. The summed E-state index contributed by atoms with van der Waals surface area (Å²) in [6.07, 6.45) is -4.97. The number of benzene rings is 1. The van der Waals surface area contributed by atoms with Crippen molar-refractivity contribution >= 4 is 62.4 Å². The van der Waals surface area contributed by atoms with E-state index in [1.165, 1.54) is 0 Å².